The van der Waals surface area contributed by atoms with Gasteiger partial charge in [-0.2, -0.15) is 4.98 Å². The number of hydrogen-bond donors (Lipinski definition) is 2. The van der Waals surface area contributed by atoms with Gasteiger partial charge in [-0.05, 0) is 24.3 Å². The fourth-order valence-electron chi connectivity index (χ4n) is 4.50. The zero-order valence-electron chi connectivity index (χ0n) is 18.7. The fraction of sp³-hybridized carbons (Fsp3) is 0.348. The number of anilines is 4. The molecule has 2 fully saturated rings. The highest BCUT2D eigenvalue weighted by atomic mass is 19.1. The van der Waals surface area contributed by atoms with Gasteiger partial charge in [0.2, 0.25) is 5.95 Å². The third-order valence-corrected chi connectivity index (χ3v) is 6.34. The van der Waals surface area contributed by atoms with Gasteiger partial charge in [0.25, 0.3) is 5.91 Å². The second-order valence-corrected chi connectivity index (χ2v) is 8.69. The summed E-state index contributed by atoms with van der Waals surface area (Å²) in [4.78, 5) is 20.9. The second kappa shape index (κ2) is 8.78. The lowest BCUT2D eigenvalue weighted by molar-refractivity contribution is -0.118. The van der Waals surface area contributed by atoms with Crippen molar-refractivity contribution in [3.05, 3.63) is 48.3 Å². The average Bonchev–Trinajstić information content (AvgIpc) is 3.26. The molecule has 2 saturated heterocycles. The van der Waals surface area contributed by atoms with Gasteiger partial charge in [-0.15, -0.1) is 5.10 Å². The number of piperazine rings is 1. The van der Waals surface area contributed by atoms with Crippen LogP contribution in [0.3, 0.4) is 0 Å². The molecule has 4 heterocycles. The van der Waals surface area contributed by atoms with Gasteiger partial charge in [0.1, 0.15) is 18.0 Å². The molecule has 10 nitrogen and oxygen atoms in total. The van der Waals surface area contributed by atoms with E-state index in [1.54, 1.807) is 6.07 Å². The second-order valence-electron chi connectivity index (χ2n) is 8.69. The van der Waals surface area contributed by atoms with E-state index in [9.17, 15) is 13.6 Å². The first-order chi connectivity index (χ1) is 17.0. The Morgan fingerprint density at radius 2 is 1.80 bits per heavy atom. The van der Waals surface area contributed by atoms with E-state index in [2.05, 4.69) is 30.5 Å². The summed E-state index contributed by atoms with van der Waals surface area (Å²) in [6, 6.07) is 7.30. The summed E-state index contributed by atoms with van der Waals surface area (Å²) < 4.78 is 39.6. The molecule has 2 aromatic carbocycles. The Bertz CT molecular complexity index is 1250. The number of ether oxygens (including phenoxy) is 2. The van der Waals surface area contributed by atoms with Crippen molar-refractivity contribution < 1.29 is 23.0 Å². The maximum Gasteiger partial charge on any atom is 0.262 e. The molecule has 0 radical (unpaired) electrons. The summed E-state index contributed by atoms with van der Waals surface area (Å²) in [5.74, 6) is -0.774. The van der Waals surface area contributed by atoms with E-state index >= 15 is 0 Å². The number of carbonyl (C=O) groups excluding carboxylic acids is 1. The van der Waals surface area contributed by atoms with Crippen molar-refractivity contribution in [2.24, 2.45) is 0 Å². The van der Waals surface area contributed by atoms with Crippen LogP contribution in [0.25, 0.3) is 5.69 Å². The summed E-state index contributed by atoms with van der Waals surface area (Å²) in [7, 11) is 0. The van der Waals surface area contributed by atoms with Gasteiger partial charge < -0.3 is 25.0 Å². The summed E-state index contributed by atoms with van der Waals surface area (Å²) in [6.07, 6.45) is 1.37. The van der Waals surface area contributed by atoms with Gasteiger partial charge in [0, 0.05) is 37.9 Å². The van der Waals surface area contributed by atoms with Crippen molar-refractivity contribution in [3.63, 3.8) is 0 Å². The molecular formula is C23H23F2N7O3. The molecule has 6 rings (SSSR count). The van der Waals surface area contributed by atoms with Gasteiger partial charge in [-0.3, -0.25) is 9.69 Å². The lowest BCUT2D eigenvalue weighted by Crippen LogP contribution is -2.56. The normalized spacial score (nSPS) is 18.5. The van der Waals surface area contributed by atoms with Crippen molar-refractivity contribution in [2.75, 3.05) is 61.5 Å². The molecule has 0 atom stereocenters. The highest BCUT2D eigenvalue weighted by molar-refractivity contribution is 5.98. The molecule has 12 heteroatoms. The molecule has 1 amide bonds. The Balaban J connectivity index is 1.26. The Hall–Kier alpha value is -3.77. The number of fused-ring (bicyclic) bond motifs is 1. The van der Waals surface area contributed by atoms with Crippen molar-refractivity contribution >= 4 is 28.9 Å². The van der Waals surface area contributed by atoms with Crippen molar-refractivity contribution in [3.8, 4) is 11.4 Å². The monoisotopic (exact) mass is 483 g/mol. The van der Waals surface area contributed by atoms with Crippen LogP contribution in [0, 0.1) is 11.6 Å². The van der Waals surface area contributed by atoms with Gasteiger partial charge >= 0.3 is 0 Å². The van der Waals surface area contributed by atoms with E-state index < -0.39 is 11.6 Å². The van der Waals surface area contributed by atoms with Gasteiger partial charge in [0.15, 0.2) is 12.4 Å². The lowest BCUT2D eigenvalue weighted by atomic mass is 10.1. The Kier molecular flexibility index (Phi) is 5.46. The smallest absolute Gasteiger partial charge is 0.262 e. The molecule has 0 spiro atoms. The third kappa shape index (κ3) is 4.37. The minimum atomic E-state index is -0.704. The Morgan fingerprint density at radius 1 is 1.03 bits per heavy atom. The maximum atomic E-state index is 13.6. The molecule has 3 aliphatic heterocycles. The van der Waals surface area contributed by atoms with Crippen LogP contribution in [0.4, 0.5) is 31.8 Å². The van der Waals surface area contributed by atoms with E-state index in [1.807, 2.05) is 6.07 Å². The predicted molar refractivity (Wildman–Crippen MR) is 124 cm³/mol. The van der Waals surface area contributed by atoms with E-state index in [4.69, 9.17) is 9.47 Å². The highest BCUT2D eigenvalue weighted by Gasteiger charge is 2.31. The molecule has 3 aromatic rings. The Morgan fingerprint density at radius 3 is 2.51 bits per heavy atom. The van der Waals surface area contributed by atoms with Crippen molar-refractivity contribution in [1.82, 2.24) is 19.7 Å². The minimum Gasteiger partial charge on any atom is -0.479 e. The van der Waals surface area contributed by atoms with Gasteiger partial charge in [-0.1, -0.05) is 0 Å². The minimum absolute atomic E-state index is 0.0394. The number of halogens is 2. The first kappa shape index (κ1) is 21.7. The van der Waals surface area contributed by atoms with E-state index in [0.29, 0.717) is 23.2 Å². The summed E-state index contributed by atoms with van der Waals surface area (Å²) >= 11 is 0. The topological polar surface area (TPSA) is 96.8 Å². The van der Waals surface area contributed by atoms with E-state index in [-0.39, 0.29) is 24.1 Å². The predicted octanol–water partition coefficient (Wildman–Crippen LogP) is 2.14. The van der Waals surface area contributed by atoms with Crippen LogP contribution in [0.5, 0.6) is 5.75 Å². The molecule has 0 unspecified atom stereocenters. The number of carbonyl (C=O) groups is 1. The van der Waals surface area contributed by atoms with Crippen molar-refractivity contribution in [1.29, 1.82) is 0 Å². The quantitative estimate of drug-likeness (QED) is 0.570. The van der Waals surface area contributed by atoms with Crippen LogP contribution in [-0.2, 0) is 9.53 Å². The van der Waals surface area contributed by atoms with E-state index in [1.165, 1.54) is 23.1 Å². The Labute approximate surface area is 199 Å². The first-order valence-electron chi connectivity index (χ1n) is 11.3. The molecule has 182 valence electrons. The molecule has 0 saturated carbocycles. The molecular weight excluding hydrogens is 460 g/mol. The van der Waals surface area contributed by atoms with E-state index in [0.717, 1.165) is 51.1 Å². The van der Waals surface area contributed by atoms with Crippen LogP contribution >= 0.6 is 0 Å². The number of amides is 1. The average molecular weight is 483 g/mol. The highest BCUT2D eigenvalue weighted by Crippen LogP contribution is 2.42. The zero-order valence-corrected chi connectivity index (χ0v) is 18.7. The number of nitrogens with zero attached hydrogens (tertiary/aromatic N) is 5. The molecule has 2 N–H and O–H groups in total. The number of nitrogens with one attached hydrogen (secondary N) is 2. The molecule has 0 bridgehead atoms. The number of hydrogen-bond acceptors (Lipinski definition) is 8. The van der Waals surface area contributed by atoms with Crippen LogP contribution in [0.2, 0.25) is 0 Å². The molecule has 0 aliphatic carbocycles. The van der Waals surface area contributed by atoms with Crippen LogP contribution in [-0.4, -0.2) is 77.6 Å². The van der Waals surface area contributed by atoms with Crippen molar-refractivity contribution in [2.45, 2.75) is 6.04 Å². The van der Waals surface area contributed by atoms with Gasteiger partial charge in [0.05, 0.1) is 36.3 Å². The summed E-state index contributed by atoms with van der Waals surface area (Å²) in [6.45, 7) is 4.95. The van der Waals surface area contributed by atoms with Crippen LogP contribution in [0.15, 0.2) is 36.7 Å². The van der Waals surface area contributed by atoms with Gasteiger partial charge in [-0.25, -0.2) is 13.5 Å². The molecule has 1 aromatic heterocycles. The molecule has 35 heavy (non-hydrogen) atoms. The zero-order chi connectivity index (χ0) is 23.9. The summed E-state index contributed by atoms with van der Waals surface area (Å²) in [5, 5.41) is 10.3. The third-order valence-electron chi connectivity index (χ3n) is 6.34. The van der Waals surface area contributed by atoms with Crippen LogP contribution in [0.1, 0.15) is 0 Å². The number of aromatic nitrogens is 3. The number of benzene rings is 2. The molecule has 3 aliphatic rings. The largest absolute Gasteiger partial charge is 0.479 e. The maximum absolute atomic E-state index is 13.6. The van der Waals surface area contributed by atoms with Crippen LogP contribution < -0.4 is 20.3 Å². The standard InChI is InChI=1S/C23H23F2N7O3/c24-14-5-15(25)7-17(6-14)32-13-26-23(29-32)27-16-8-19-22(35-12-21(33)28-19)20(9-16)31-3-1-30(2-4-31)18-10-34-11-18/h5-9,13,18H,1-4,10-12H2,(H,27,29)(H,28,33). The number of rotatable bonds is 5. The fourth-order valence-corrected chi connectivity index (χ4v) is 4.50. The lowest BCUT2D eigenvalue weighted by Gasteiger charge is -2.43. The SMILES string of the molecule is O=C1COc2c(cc(Nc3ncn(-c4cc(F)cc(F)c4)n3)cc2N2CCN(C3COC3)CC2)N1. The first-order valence-corrected chi connectivity index (χ1v) is 11.3. The summed E-state index contributed by atoms with van der Waals surface area (Å²) in [5.41, 5.74) is 2.27.